The van der Waals surface area contributed by atoms with E-state index in [0.29, 0.717) is 18.0 Å². The lowest BCUT2D eigenvalue weighted by Gasteiger charge is -2.14. The van der Waals surface area contributed by atoms with Gasteiger partial charge in [-0.15, -0.1) is 0 Å². The first kappa shape index (κ1) is 22.9. The minimum Gasteiger partial charge on any atom is -0.311 e. The second-order valence-corrected chi connectivity index (χ2v) is 9.11. The SMILES string of the molecule is CS(=O)(=O)c1ccc(-n2cccc2C(=O)NNc2ncc(C(F)(F)F)cc2Cl)c(Cl)c1. The predicted molar refractivity (Wildman–Crippen MR) is 109 cm³/mol. The van der Waals surface area contributed by atoms with E-state index in [1.807, 2.05) is 0 Å². The monoisotopic (exact) mass is 492 g/mol. The van der Waals surface area contributed by atoms with Crippen molar-refractivity contribution in [1.82, 2.24) is 15.0 Å². The number of hydrogen-bond donors (Lipinski definition) is 2. The number of aromatic nitrogens is 2. The molecule has 1 amide bonds. The number of rotatable bonds is 5. The van der Waals surface area contributed by atoms with Gasteiger partial charge in [0.2, 0.25) is 0 Å². The summed E-state index contributed by atoms with van der Waals surface area (Å²) >= 11 is 12.0. The van der Waals surface area contributed by atoms with E-state index in [2.05, 4.69) is 15.8 Å². The van der Waals surface area contributed by atoms with Crippen LogP contribution in [0.5, 0.6) is 0 Å². The molecule has 0 aliphatic carbocycles. The van der Waals surface area contributed by atoms with Crippen molar-refractivity contribution in [2.45, 2.75) is 11.1 Å². The zero-order valence-corrected chi connectivity index (χ0v) is 17.9. The molecule has 0 atom stereocenters. The van der Waals surface area contributed by atoms with E-state index in [-0.39, 0.29) is 26.5 Å². The highest BCUT2D eigenvalue weighted by molar-refractivity contribution is 7.90. The van der Waals surface area contributed by atoms with Crippen LogP contribution >= 0.6 is 23.2 Å². The van der Waals surface area contributed by atoms with Gasteiger partial charge in [-0.3, -0.25) is 15.6 Å². The number of hydrogen-bond acceptors (Lipinski definition) is 5. The Morgan fingerprint density at radius 3 is 2.42 bits per heavy atom. The number of anilines is 1. The zero-order valence-electron chi connectivity index (χ0n) is 15.5. The molecule has 0 fully saturated rings. The van der Waals surface area contributed by atoms with Gasteiger partial charge >= 0.3 is 6.18 Å². The molecular weight excluding hydrogens is 480 g/mol. The van der Waals surface area contributed by atoms with Gasteiger partial charge in [-0.1, -0.05) is 23.2 Å². The second-order valence-electron chi connectivity index (χ2n) is 6.28. The maximum Gasteiger partial charge on any atom is 0.417 e. The third-order valence-electron chi connectivity index (χ3n) is 4.05. The van der Waals surface area contributed by atoms with Crippen LogP contribution < -0.4 is 10.9 Å². The summed E-state index contributed by atoms with van der Waals surface area (Å²) in [6.07, 6.45) is -1.46. The molecule has 0 aliphatic heterocycles. The van der Waals surface area contributed by atoms with Crippen LogP contribution in [0, 0.1) is 0 Å². The Kier molecular flexibility index (Phi) is 6.21. The molecule has 0 spiro atoms. The standard InChI is InChI=1S/C18H13Cl2F3N4O3S/c1-31(29,30)11-4-5-14(12(19)8-11)27-6-2-3-15(27)17(28)26-25-16-13(20)7-10(9-24-16)18(21,22)23/h2-9H,1H3,(H,24,25)(H,26,28). The highest BCUT2D eigenvalue weighted by Crippen LogP contribution is 2.32. The number of carbonyl (C=O) groups is 1. The van der Waals surface area contributed by atoms with Crippen LogP contribution in [0.1, 0.15) is 16.1 Å². The fourth-order valence-corrected chi connectivity index (χ4v) is 3.75. The third kappa shape index (κ3) is 5.12. The quantitative estimate of drug-likeness (QED) is 0.516. The van der Waals surface area contributed by atoms with Crippen molar-refractivity contribution in [1.29, 1.82) is 0 Å². The summed E-state index contributed by atoms with van der Waals surface area (Å²) in [5.74, 6) is -0.859. The molecule has 3 aromatic rings. The van der Waals surface area contributed by atoms with Crippen LogP contribution in [0.2, 0.25) is 10.0 Å². The van der Waals surface area contributed by atoms with Gasteiger partial charge < -0.3 is 4.57 Å². The molecule has 0 radical (unpaired) electrons. The number of pyridine rings is 1. The van der Waals surface area contributed by atoms with Crippen molar-refractivity contribution >= 4 is 44.8 Å². The smallest absolute Gasteiger partial charge is 0.311 e. The maximum atomic E-state index is 12.7. The molecule has 1 aromatic carbocycles. The Labute approximate surface area is 184 Å². The Bertz CT molecular complexity index is 1260. The number of halogens is 5. The minimum absolute atomic E-state index is 0.0177. The summed E-state index contributed by atoms with van der Waals surface area (Å²) in [5.41, 5.74) is 4.07. The van der Waals surface area contributed by atoms with E-state index in [4.69, 9.17) is 23.2 Å². The van der Waals surface area contributed by atoms with E-state index in [1.165, 1.54) is 35.0 Å². The molecule has 0 unspecified atom stereocenters. The van der Waals surface area contributed by atoms with Crippen molar-refractivity contribution < 1.29 is 26.4 Å². The van der Waals surface area contributed by atoms with Crippen molar-refractivity contribution in [3.05, 3.63) is 70.1 Å². The molecule has 0 bridgehead atoms. The van der Waals surface area contributed by atoms with Gasteiger partial charge in [0.05, 0.1) is 26.2 Å². The number of amides is 1. The number of carbonyl (C=O) groups excluding carboxylic acids is 1. The van der Waals surface area contributed by atoms with Gasteiger partial charge in [-0.05, 0) is 36.4 Å². The van der Waals surface area contributed by atoms with Crippen molar-refractivity contribution in [2.75, 3.05) is 11.7 Å². The van der Waals surface area contributed by atoms with Gasteiger partial charge in [-0.25, -0.2) is 13.4 Å². The van der Waals surface area contributed by atoms with E-state index in [0.717, 1.165) is 6.26 Å². The lowest BCUT2D eigenvalue weighted by Crippen LogP contribution is -2.31. The molecule has 31 heavy (non-hydrogen) atoms. The molecule has 2 aromatic heterocycles. The highest BCUT2D eigenvalue weighted by atomic mass is 35.5. The van der Waals surface area contributed by atoms with Crippen molar-refractivity contribution in [3.8, 4) is 5.69 Å². The van der Waals surface area contributed by atoms with Crippen LogP contribution in [-0.2, 0) is 16.0 Å². The summed E-state index contributed by atoms with van der Waals surface area (Å²) in [6, 6.07) is 7.74. The van der Waals surface area contributed by atoms with Crippen LogP contribution in [0.4, 0.5) is 19.0 Å². The second kappa shape index (κ2) is 8.40. The molecule has 0 saturated carbocycles. The normalized spacial score (nSPS) is 11.9. The molecule has 3 rings (SSSR count). The van der Waals surface area contributed by atoms with Gasteiger partial charge in [0.15, 0.2) is 15.7 Å². The van der Waals surface area contributed by atoms with Crippen LogP contribution in [0.15, 0.2) is 53.7 Å². The van der Waals surface area contributed by atoms with E-state index >= 15 is 0 Å². The van der Waals surface area contributed by atoms with Crippen molar-refractivity contribution in [3.63, 3.8) is 0 Å². The van der Waals surface area contributed by atoms with Gasteiger partial charge in [0.1, 0.15) is 5.69 Å². The van der Waals surface area contributed by atoms with Gasteiger partial charge in [0, 0.05) is 18.6 Å². The van der Waals surface area contributed by atoms with Crippen molar-refractivity contribution in [2.24, 2.45) is 0 Å². The fraction of sp³-hybridized carbons (Fsp3) is 0.111. The summed E-state index contributed by atoms with van der Waals surface area (Å²) in [5, 5.41) is -0.251. The number of benzene rings is 1. The van der Waals surface area contributed by atoms with Gasteiger partial charge in [0.25, 0.3) is 5.91 Å². The zero-order chi connectivity index (χ0) is 23.0. The Morgan fingerprint density at radius 1 is 1.13 bits per heavy atom. The number of nitrogens with zero attached hydrogens (tertiary/aromatic N) is 2. The van der Waals surface area contributed by atoms with Crippen LogP contribution in [0.3, 0.4) is 0 Å². The van der Waals surface area contributed by atoms with Gasteiger partial charge in [-0.2, -0.15) is 13.2 Å². The third-order valence-corrected chi connectivity index (χ3v) is 5.75. The molecule has 2 N–H and O–H groups in total. The predicted octanol–water partition coefficient (Wildman–Crippen LogP) is 4.36. The average Bonchev–Trinajstić information content (AvgIpc) is 3.14. The van der Waals surface area contributed by atoms with E-state index in [9.17, 15) is 26.4 Å². The number of hydrazine groups is 1. The lowest BCUT2D eigenvalue weighted by atomic mass is 10.3. The first-order valence-corrected chi connectivity index (χ1v) is 11.0. The van der Waals surface area contributed by atoms with E-state index in [1.54, 1.807) is 6.07 Å². The summed E-state index contributed by atoms with van der Waals surface area (Å²) in [6.45, 7) is 0. The highest BCUT2D eigenvalue weighted by Gasteiger charge is 2.31. The first-order valence-electron chi connectivity index (χ1n) is 8.34. The summed E-state index contributed by atoms with van der Waals surface area (Å²) in [4.78, 5) is 16.1. The minimum atomic E-state index is -4.61. The maximum absolute atomic E-state index is 12.7. The topological polar surface area (TPSA) is 93.1 Å². The first-order chi connectivity index (χ1) is 14.4. The Hall–Kier alpha value is -2.76. The van der Waals surface area contributed by atoms with E-state index < -0.39 is 27.5 Å². The summed E-state index contributed by atoms with van der Waals surface area (Å²) < 4.78 is 62.8. The number of nitrogens with one attached hydrogen (secondary N) is 2. The van der Waals surface area contributed by atoms with Crippen LogP contribution in [0.25, 0.3) is 5.69 Å². The Balaban J connectivity index is 1.81. The lowest BCUT2D eigenvalue weighted by molar-refractivity contribution is -0.137. The molecule has 13 heteroatoms. The molecule has 2 heterocycles. The fourth-order valence-electron chi connectivity index (χ4n) is 2.55. The molecule has 164 valence electrons. The largest absolute Gasteiger partial charge is 0.417 e. The van der Waals surface area contributed by atoms with Crippen LogP contribution in [-0.4, -0.2) is 30.1 Å². The molecule has 7 nitrogen and oxygen atoms in total. The summed E-state index contributed by atoms with van der Waals surface area (Å²) in [7, 11) is -3.47. The molecule has 0 aliphatic rings. The average molecular weight is 493 g/mol. The Morgan fingerprint density at radius 2 is 1.84 bits per heavy atom. The number of alkyl halides is 3. The number of sulfone groups is 1. The molecule has 0 saturated heterocycles. The molecular formula is C18H13Cl2F3N4O3S.